The van der Waals surface area contributed by atoms with Crippen molar-refractivity contribution in [1.82, 2.24) is 0 Å². The largest absolute Gasteiger partial charge is 0.139 e. The van der Waals surface area contributed by atoms with Crippen molar-refractivity contribution in [2.75, 3.05) is 0 Å². The zero-order valence-corrected chi connectivity index (χ0v) is 16.1. The van der Waals surface area contributed by atoms with Crippen LogP contribution in [0.5, 0.6) is 0 Å². The average molecular weight is 351 g/mol. The number of benzene rings is 2. The van der Waals surface area contributed by atoms with Gasteiger partial charge in [-0.2, -0.15) is 0 Å². The Labute approximate surface area is 157 Å². The fraction of sp³-hybridized carbons (Fsp3) is 0.500. The molecule has 0 bridgehead atoms. The van der Waals surface area contributed by atoms with E-state index in [2.05, 4.69) is 72.4 Å². The lowest BCUT2D eigenvalue weighted by molar-refractivity contribution is 0.374. The molecule has 2 aromatic rings. The number of rotatable bonds is 4. The molecule has 0 spiro atoms. The van der Waals surface area contributed by atoms with Crippen molar-refractivity contribution >= 4 is 11.8 Å². The molecular weight excluding hydrogens is 320 g/mol. The van der Waals surface area contributed by atoms with E-state index in [-0.39, 0.29) is 0 Å². The van der Waals surface area contributed by atoms with Crippen molar-refractivity contribution in [2.24, 2.45) is 0 Å². The lowest BCUT2D eigenvalue weighted by Gasteiger charge is -2.47. The lowest BCUT2D eigenvalue weighted by atomic mass is 9.82. The van der Waals surface area contributed by atoms with Crippen LogP contribution >= 0.6 is 11.8 Å². The molecular formula is C24H30S. The Balaban J connectivity index is 1.74. The van der Waals surface area contributed by atoms with E-state index < -0.39 is 0 Å². The van der Waals surface area contributed by atoms with Crippen molar-refractivity contribution in [3.8, 4) is 0 Å². The lowest BCUT2D eigenvalue weighted by Crippen LogP contribution is -2.35. The van der Waals surface area contributed by atoms with Gasteiger partial charge in [0.15, 0.2) is 0 Å². The first-order chi connectivity index (χ1) is 12.3. The minimum absolute atomic E-state index is 0.312. The fourth-order valence-electron chi connectivity index (χ4n) is 5.00. The molecule has 0 amide bonds. The molecule has 0 nitrogen and oxygen atoms in total. The van der Waals surface area contributed by atoms with Crippen LogP contribution in [0.15, 0.2) is 60.7 Å². The maximum Gasteiger partial charge on any atom is 0.0417 e. The van der Waals surface area contributed by atoms with Crippen LogP contribution in [0.1, 0.15) is 75.3 Å². The predicted octanol–water partition coefficient (Wildman–Crippen LogP) is 7.44. The maximum absolute atomic E-state index is 2.39. The summed E-state index contributed by atoms with van der Waals surface area (Å²) in [7, 11) is 0. The maximum atomic E-state index is 2.39. The van der Waals surface area contributed by atoms with Crippen LogP contribution in [0.2, 0.25) is 0 Å². The van der Waals surface area contributed by atoms with Crippen LogP contribution < -0.4 is 0 Å². The van der Waals surface area contributed by atoms with Crippen LogP contribution in [0.3, 0.4) is 0 Å². The normalized spacial score (nSPS) is 22.4. The van der Waals surface area contributed by atoms with Crippen LogP contribution in [-0.2, 0) is 9.49 Å². The van der Waals surface area contributed by atoms with Gasteiger partial charge in [-0.25, -0.2) is 0 Å². The summed E-state index contributed by atoms with van der Waals surface area (Å²) in [4.78, 5) is 0. The second-order valence-corrected chi connectivity index (χ2v) is 9.71. The topological polar surface area (TPSA) is 0 Å². The molecule has 0 heterocycles. The third-order valence-corrected chi connectivity index (χ3v) is 8.38. The highest BCUT2D eigenvalue weighted by Crippen LogP contribution is 2.60. The number of hydrogen-bond acceptors (Lipinski definition) is 1. The minimum atomic E-state index is 0.312. The number of hydrogen-bond donors (Lipinski definition) is 0. The first kappa shape index (κ1) is 17.2. The molecule has 0 radical (unpaired) electrons. The van der Waals surface area contributed by atoms with Gasteiger partial charge < -0.3 is 0 Å². The molecule has 0 atom stereocenters. The Morgan fingerprint density at radius 2 is 0.840 bits per heavy atom. The van der Waals surface area contributed by atoms with E-state index in [1.54, 1.807) is 11.1 Å². The molecule has 2 aliphatic carbocycles. The zero-order chi connectivity index (χ0) is 17.0. The van der Waals surface area contributed by atoms with Gasteiger partial charge in [0, 0.05) is 9.49 Å². The Morgan fingerprint density at radius 1 is 0.480 bits per heavy atom. The van der Waals surface area contributed by atoms with E-state index in [1.165, 1.54) is 64.2 Å². The quantitative estimate of drug-likeness (QED) is 0.552. The molecule has 2 aliphatic rings. The molecule has 0 aliphatic heterocycles. The van der Waals surface area contributed by atoms with Crippen molar-refractivity contribution in [3.63, 3.8) is 0 Å². The summed E-state index contributed by atoms with van der Waals surface area (Å²) in [5.41, 5.74) is 3.14. The Hall–Kier alpha value is -1.21. The van der Waals surface area contributed by atoms with Gasteiger partial charge in [-0.15, -0.1) is 11.8 Å². The molecule has 2 saturated carbocycles. The standard InChI is InChI=1S/C24H30S/c1-5-13-21(14-6-1)23(17-9-3-10-18-23)25-24(19-11-4-12-20-24)22-15-7-2-8-16-22/h1-2,5-8,13-16H,3-4,9-12,17-20H2. The Bertz CT molecular complexity index is 590. The molecule has 25 heavy (non-hydrogen) atoms. The molecule has 0 saturated heterocycles. The van der Waals surface area contributed by atoms with Gasteiger partial charge >= 0.3 is 0 Å². The van der Waals surface area contributed by atoms with E-state index in [0.717, 1.165) is 0 Å². The smallest absolute Gasteiger partial charge is 0.0417 e. The van der Waals surface area contributed by atoms with Crippen LogP contribution in [0.4, 0.5) is 0 Å². The van der Waals surface area contributed by atoms with Crippen molar-refractivity contribution in [3.05, 3.63) is 71.8 Å². The highest BCUT2D eigenvalue weighted by molar-refractivity contribution is 8.01. The third kappa shape index (κ3) is 3.53. The Kier molecular flexibility index (Phi) is 5.22. The van der Waals surface area contributed by atoms with Gasteiger partial charge in [0.25, 0.3) is 0 Å². The van der Waals surface area contributed by atoms with Gasteiger partial charge in [-0.3, -0.25) is 0 Å². The van der Waals surface area contributed by atoms with Crippen molar-refractivity contribution in [2.45, 2.75) is 73.7 Å². The summed E-state index contributed by atoms with van der Waals surface area (Å²) in [6.07, 6.45) is 13.7. The molecule has 1 heteroatoms. The average Bonchev–Trinajstić information content (AvgIpc) is 2.71. The molecule has 4 rings (SSSR count). The van der Waals surface area contributed by atoms with Crippen LogP contribution in [0.25, 0.3) is 0 Å². The first-order valence-corrected chi connectivity index (χ1v) is 11.0. The van der Waals surface area contributed by atoms with Gasteiger partial charge in [-0.1, -0.05) is 99.2 Å². The summed E-state index contributed by atoms with van der Waals surface area (Å²) in [5.74, 6) is 0. The molecule has 2 aromatic carbocycles. The second kappa shape index (κ2) is 7.58. The van der Waals surface area contributed by atoms with E-state index in [1.807, 2.05) is 0 Å². The molecule has 0 N–H and O–H groups in total. The van der Waals surface area contributed by atoms with E-state index in [4.69, 9.17) is 0 Å². The van der Waals surface area contributed by atoms with Crippen molar-refractivity contribution < 1.29 is 0 Å². The SMILES string of the molecule is c1ccc(C2(SC3(c4ccccc4)CCCCC3)CCCCC2)cc1. The summed E-state index contributed by atoms with van der Waals surface area (Å²) < 4.78 is 0.624. The monoisotopic (exact) mass is 350 g/mol. The highest BCUT2D eigenvalue weighted by atomic mass is 32.2. The summed E-state index contributed by atoms with van der Waals surface area (Å²) in [6.45, 7) is 0. The zero-order valence-electron chi connectivity index (χ0n) is 15.3. The molecule has 0 unspecified atom stereocenters. The predicted molar refractivity (Wildman–Crippen MR) is 110 cm³/mol. The first-order valence-electron chi connectivity index (χ1n) is 10.1. The van der Waals surface area contributed by atoms with Crippen LogP contribution in [0, 0.1) is 0 Å². The highest BCUT2D eigenvalue weighted by Gasteiger charge is 2.44. The molecule has 132 valence electrons. The summed E-state index contributed by atoms with van der Waals surface area (Å²) >= 11 is 2.34. The third-order valence-electron chi connectivity index (χ3n) is 6.31. The molecule has 0 aromatic heterocycles. The fourth-order valence-corrected chi connectivity index (χ4v) is 7.24. The van der Waals surface area contributed by atoms with Gasteiger partial charge in [-0.05, 0) is 36.8 Å². The summed E-state index contributed by atoms with van der Waals surface area (Å²) in [6, 6.07) is 22.8. The minimum Gasteiger partial charge on any atom is -0.139 e. The van der Waals surface area contributed by atoms with Crippen molar-refractivity contribution in [1.29, 1.82) is 0 Å². The number of thioether (sulfide) groups is 1. The van der Waals surface area contributed by atoms with Gasteiger partial charge in [0.2, 0.25) is 0 Å². The van der Waals surface area contributed by atoms with E-state index in [9.17, 15) is 0 Å². The van der Waals surface area contributed by atoms with Crippen LogP contribution in [-0.4, -0.2) is 0 Å². The van der Waals surface area contributed by atoms with E-state index >= 15 is 0 Å². The Morgan fingerprint density at radius 3 is 1.20 bits per heavy atom. The summed E-state index contributed by atoms with van der Waals surface area (Å²) in [5, 5.41) is 0. The second-order valence-electron chi connectivity index (χ2n) is 7.94. The van der Waals surface area contributed by atoms with E-state index in [0.29, 0.717) is 9.49 Å². The molecule has 2 fully saturated rings. The van der Waals surface area contributed by atoms with Gasteiger partial charge in [0.1, 0.15) is 0 Å². The van der Waals surface area contributed by atoms with Gasteiger partial charge in [0.05, 0.1) is 0 Å².